The number of nitrogens with zero attached hydrogens (tertiary/aromatic N) is 2. The molecular formula is C17H15N3O3. The number of hydrogen-bond acceptors (Lipinski definition) is 4. The number of nitrogens with one attached hydrogen (secondary N) is 1. The Labute approximate surface area is 132 Å². The van der Waals surface area contributed by atoms with E-state index >= 15 is 0 Å². The molecule has 0 bridgehead atoms. The summed E-state index contributed by atoms with van der Waals surface area (Å²) in [7, 11) is 0. The summed E-state index contributed by atoms with van der Waals surface area (Å²) < 4.78 is 12.5. The molecule has 0 fully saturated rings. The van der Waals surface area contributed by atoms with E-state index in [9.17, 15) is 4.79 Å². The normalized spacial score (nSPS) is 12.6. The van der Waals surface area contributed by atoms with Gasteiger partial charge in [-0.25, -0.2) is 4.98 Å². The minimum absolute atomic E-state index is 0.129. The highest BCUT2D eigenvalue weighted by atomic mass is 16.7. The molecule has 3 heterocycles. The number of carbonyl (C=O) groups is 1. The van der Waals surface area contributed by atoms with Crippen LogP contribution in [0, 0.1) is 6.92 Å². The van der Waals surface area contributed by atoms with Crippen LogP contribution in [0.3, 0.4) is 0 Å². The van der Waals surface area contributed by atoms with Crippen molar-refractivity contribution in [2.75, 3.05) is 6.79 Å². The average Bonchev–Trinajstić information content (AvgIpc) is 3.16. The Morgan fingerprint density at radius 1 is 1.22 bits per heavy atom. The molecule has 0 spiro atoms. The van der Waals surface area contributed by atoms with Crippen LogP contribution >= 0.6 is 0 Å². The molecule has 0 unspecified atom stereocenters. The molecule has 6 nitrogen and oxygen atoms in total. The van der Waals surface area contributed by atoms with Crippen LogP contribution in [0.5, 0.6) is 11.5 Å². The highest BCUT2D eigenvalue weighted by molar-refractivity contribution is 5.94. The van der Waals surface area contributed by atoms with Crippen molar-refractivity contribution in [3.05, 3.63) is 59.5 Å². The Balaban J connectivity index is 1.48. The molecule has 1 aliphatic rings. The van der Waals surface area contributed by atoms with Crippen LogP contribution in [0.1, 0.15) is 21.6 Å². The molecule has 0 atom stereocenters. The lowest BCUT2D eigenvalue weighted by Crippen LogP contribution is -2.23. The molecule has 3 aromatic rings. The molecule has 0 radical (unpaired) electrons. The van der Waals surface area contributed by atoms with Gasteiger partial charge < -0.3 is 19.2 Å². The average molecular weight is 309 g/mol. The van der Waals surface area contributed by atoms with Gasteiger partial charge in [-0.1, -0.05) is 6.07 Å². The Bertz CT molecular complexity index is 901. The van der Waals surface area contributed by atoms with Crippen LogP contribution in [-0.4, -0.2) is 22.1 Å². The SMILES string of the molecule is Cc1cn2cc(C(=O)NCc3ccc4c(c3)OCO4)ccc2n1. The zero-order valence-electron chi connectivity index (χ0n) is 12.6. The third-order valence-corrected chi connectivity index (χ3v) is 3.72. The summed E-state index contributed by atoms with van der Waals surface area (Å²) in [5.74, 6) is 1.32. The summed E-state index contributed by atoms with van der Waals surface area (Å²) in [4.78, 5) is 16.6. The van der Waals surface area contributed by atoms with Gasteiger partial charge in [0.2, 0.25) is 6.79 Å². The number of imidazole rings is 1. The Hall–Kier alpha value is -3.02. The second kappa shape index (κ2) is 5.31. The molecule has 0 saturated heterocycles. The molecular weight excluding hydrogens is 294 g/mol. The molecule has 4 rings (SSSR count). The summed E-state index contributed by atoms with van der Waals surface area (Å²) in [6.07, 6.45) is 3.67. The highest BCUT2D eigenvalue weighted by Crippen LogP contribution is 2.32. The van der Waals surface area contributed by atoms with Crippen molar-refractivity contribution in [2.24, 2.45) is 0 Å². The first-order valence-electron chi connectivity index (χ1n) is 7.31. The van der Waals surface area contributed by atoms with E-state index < -0.39 is 0 Å². The summed E-state index contributed by atoms with van der Waals surface area (Å²) in [5.41, 5.74) is 3.30. The number of amides is 1. The smallest absolute Gasteiger partial charge is 0.253 e. The van der Waals surface area contributed by atoms with E-state index in [1.165, 1.54) is 0 Å². The third kappa shape index (κ3) is 2.59. The molecule has 6 heteroatoms. The molecule has 1 aliphatic heterocycles. The van der Waals surface area contributed by atoms with Gasteiger partial charge in [-0.2, -0.15) is 0 Å². The van der Waals surface area contributed by atoms with Crippen LogP contribution in [0.4, 0.5) is 0 Å². The van der Waals surface area contributed by atoms with Crippen LogP contribution < -0.4 is 14.8 Å². The molecule has 116 valence electrons. The van der Waals surface area contributed by atoms with Gasteiger partial charge in [-0.15, -0.1) is 0 Å². The van der Waals surface area contributed by atoms with Crippen LogP contribution in [0.2, 0.25) is 0 Å². The van der Waals surface area contributed by atoms with Gasteiger partial charge in [0.15, 0.2) is 11.5 Å². The largest absolute Gasteiger partial charge is 0.454 e. The van der Waals surface area contributed by atoms with Crippen molar-refractivity contribution in [1.29, 1.82) is 0 Å². The second-order valence-electron chi connectivity index (χ2n) is 5.44. The van der Waals surface area contributed by atoms with E-state index in [4.69, 9.17) is 9.47 Å². The molecule has 23 heavy (non-hydrogen) atoms. The molecule has 1 N–H and O–H groups in total. The molecule has 0 aliphatic carbocycles. The zero-order valence-corrected chi connectivity index (χ0v) is 12.6. The third-order valence-electron chi connectivity index (χ3n) is 3.72. The van der Waals surface area contributed by atoms with E-state index in [-0.39, 0.29) is 12.7 Å². The van der Waals surface area contributed by atoms with Gasteiger partial charge >= 0.3 is 0 Å². The molecule has 1 amide bonds. The van der Waals surface area contributed by atoms with Gasteiger partial charge in [0.1, 0.15) is 5.65 Å². The fourth-order valence-electron chi connectivity index (χ4n) is 2.59. The lowest BCUT2D eigenvalue weighted by atomic mass is 10.2. The Morgan fingerprint density at radius 3 is 3.00 bits per heavy atom. The van der Waals surface area contributed by atoms with Crippen molar-refractivity contribution >= 4 is 11.6 Å². The van der Waals surface area contributed by atoms with Crippen LogP contribution in [-0.2, 0) is 6.54 Å². The van der Waals surface area contributed by atoms with Crippen molar-refractivity contribution in [2.45, 2.75) is 13.5 Å². The molecule has 2 aromatic heterocycles. The lowest BCUT2D eigenvalue weighted by Gasteiger charge is -2.07. The number of carbonyl (C=O) groups excluding carboxylic acids is 1. The van der Waals surface area contributed by atoms with Crippen molar-refractivity contribution in [3.63, 3.8) is 0 Å². The summed E-state index contributed by atoms with van der Waals surface area (Å²) in [5, 5.41) is 2.91. The maximum Gasteiger partial charge on any atom is 0.253 e. The maximum absolute atomic E-state index is 12.3. The Morgan fingerprint density at radius 2 is 2.09 bits per heavy atom. The zero-order chi connectivity index (χ0) is 15.8. The first-order valence-corrected chi connectivity index (χ1v) is 7.31. The van der Waals surface area contributed by atoms with Gasteiger partial charge in [-0.05, 0) is 36.8 Å². The predicted molar refractivity (Wildman–Crippen MR) is 83.7 cm³/mol. The van der Waals surface area contributed by atoms with Gasteiger partial charge in [0, 0.05) is 18.9 Å². The number of aromatic nitrogens is 2. The minimum atomic E-state index is -0.129. The topological polar surface area (TPSA) is 64.9 Å². The predicted octanol–water partition coefficient (Wildman–Crippen LogP) is 2.30. The van der Waals surface area contributed by atoms with E-state index in [0.717, 1.165) is 22.7 Å². The van der Waals surface area contributed by atoms with Crippen LogP contribution in [0.15, 0.2) is 42.7 Å². The number of benzene rings is 1. The molecule has 1 aromatic carbocycles. The number of ether oxygens (including phenoxy) is 2. The first kappa shape index (κ1) is 13.6. The van der Waals surface area contributed by atoms with Crippen molar-refractivity contribution < 1.29 is 14.3 Å². The standard InChI is InChI=1S/C17H15N3O3/c1-11-8-20-9-13(3-5-16(20)19-11)17(21)18-7-12-2-4-14-15(6-12)23-10-22-14/h2-6,8-9H,7,10H2,1H3,(H,18,21). The van der Waals surface area contributed by atoms with E-state index in [1.54, 1.807) is 12.3 Å². The molecule has 0 saturated carbocycles. The van der Waals surface area contributed by atoms with Gasteiger partial charge in [0.05, 0.1) is 11.3 Å². The number of rotatable bonds is 3. The van der Waals surface area contributed by atoms with Crippen molar-refractivity contribution in [3.8, 4) is 11.5 Å². The quantitative estimate of drug-likeness (QED) is 0.806. The number of pyridine rings is 1. The Kier molecular flexibility index (Phi) is 3.15. The fourth-order valence-corrected chi connectivity index (χ4v) is 2.59. The number of fused-ring (bicyclic) bond motifs is 2. The first-order chi connectivity index (χ1) is 11.2. The summed E-state index contributed by atoms with van der Waals surface area (Å²) in [6.45, 7) is 2.60. The van der Waals surface area contributed by atoms with Gasteiger partial charge in [0.25, 0.3) is 5.91 Å². The van der Waals surface area contributed by atoms with Crippen LogP contribution in [0.25, 0.3) is 5.65 Å². The second-order valence-corrected chi connectivity index (χ2v) is 5.44. The van der Waals surface area contributed by atoms with E-state index in [2.05, 4.69) is 10.3 Å². The maximum atomic E-state index is 12.3. The van der Waals surface area contributed by atoms with E-state index in [0.29, 0.717) is 17.9 Å². The van der Waals surface area contributed by atoms with Crippen molar-refractivity contribution in [1.82, 2.24) is 14.7 Å². The lowest BCUT2D eigenvalue weighted by molar-refractivity contribution is 0.0950. The fraction of sp³-hybridized carbons (Fsp3) is 0.176. The van der Waals surface area contributed by atoms with E-state index in [1.807, 2.05) is 41.8 Å². The monoisotopic (exact) mass is 309 g/mol. The highest BCUT2D eigenvalue weighted by Gasteiger charge is 2.14. The van der Waals surface area contributed by atoms with Gasteiger partial charge in [-0.3, -0.25) is 4.79 Å². The number of hydrogen-bond donors (Lipinski definition) is 1. The minimum Gasteiger partial charge on any atom is -0.454 e. The number of aryl methyl sites for hydroxylation is 1. The summed E-state index contributed by atoms with van der Waals surface area (Å²) in [6, 6.07) is 9.25. The summed E-state index contributed by atoms with van der Waals surface area (Å²) >= 11 is 0.